The van der Waals surface area contributed by atoms with Gasteiger partial charge in [-0.1, -0.05) is 27.2 Å². The Morgan fingerprint density at radius 2 is 2.15 bits per heavy atom. The van der Waals surface area contributed by atoms with Crippen LogP contribution in [0.1, 0.15) is 24.0 Å². The second kappa shape index (κ2) is 3.50. The molecule has 1 N–H and O–H groups in total. The molecule has 0 aromatic heterocycles. The summed E-state index contributed by atoms with van der Waals surface area (Å²) < 4.78 is 1.04. The van der Waals surface area contributed by atoms with Crippen molar-refractivity contribution in [2.75, 3.05) is 0 Å². The standard InChI is InChI=1S/C10H10BrNO/c11-8-5-4-7-2-1-3-10(12-13)9(7)6-8/h4-6,13H,1-3H2/b12-10-. The SMILES string of the molecule is O/N=C1/CCCc2ccc(Br)cc21. The second-order valence-corrected chi connectivity index (χ2v) is 4.12. The van der Waals surface area contributed by atoms with Crippen molar-refractivity contribution in [2.45, 2.75) is 19.3 Å². The fourth-order valence-electron chi connectivity index (χ4n) is 1.72. The van der Waals surface area contributed by atoms with E-state index in [-0.39, 0.29) is 0 Å². The zero-order valence-electron chi connectivity index (χ0n) is 7.13. The van der Waals surface area contributed by atoms with E-state index < -0.39 is 0 Å². The van der Waals surface area contributed by atoms with Gasteiger partial charge in [-0.25, -0.2) is 0 Å². The summed E-state index contributed by atoms with van der Waals surface area (Å²) in [6.07, 6.45) is 3.04. The third kappa shape index (κ3) is 1.61. The lowest BCUT2D eigenvalue weighted by molar-refractivity contribution is 0.317. The van der Waals surface area contributed by atoms with E-state index in [4.69, 9.17) is 5.21 Å². The van der Waals surface area contributed by atoms with Gasteiger partial charge in [0.2, 0.25) is 0 Å². The Balaban J connectivity index is 2.54. The second-order valence-electron chi connectivity index (χ2n) is 3.20. The Morgan fingerprint density at radius 3 is 2.92 bits per heavy atom. The van der Waals surface area contributed by atoms with Gasteiger partial charge in [0.05, 0.1) is 5.71 Å². The molecule has 1 aliphatic carbocycles. The van der Waals surface area contributed by atoms with Gasteiger partial charge in [0.1, 0.15) is 0 Å². The molecule has 0 fully saturated rings. The number of rotatable bonds is 0. The molecule has 0 radical (unpaired) electrons. The van der Waals surface area contributed by atoms with E-state index in [0.29, 0.717) is 0 Å². The van der Waals surface area contributed by atoms with Gasteiger partial charge >= 0.3 is 0 Å². The van der Waals surface area contributed by atoms with Crippen molar-refractivity contribution in [3.63, 3.8) is 0 Å². The van der Waals surface area contributed by atoms with Gasteiger partial charge in [-0.05, 0) is 37.0 Å². The molecular formula is C10H10BrNO. The molecule has 13 heavy (non-hydrogen) atoms. The molecule has 3 heteroatoms. The number of nitrogens with zero attached hydrogens (tertiary/aromatic N) is 1. The Labute approximate surface area is 85.4 Å². The average molecular weight is 240 g/mol. The van der Waals surface area contributed by atoms with Crippen molar-refractivity contribution < 1.29 is 5.21 Å². The number of hydrogen-bond acceptors (Lipinski definition) is 2. The van der Waals surface area contributed by atoms with Crippen LogP contribution in [0.2, 0.25) is 0 Å². The minimum Gasteiger partial charge on any atom is -0.411 e. The van der Waals surface area contributed by atoms with Gasteiger partial charge in [-0.2, -0.15) is 0 Å². The lowest BCUT2D eigenvalue weighted by Gasteiger charge is -2.16. The summed E-state index contributed by atoms with van der Waals surface area (Å²) in [5, 5.41) is 12.1. The molecule has 1 aromatic rings. The van der Waals surface area contributed by atoms with Crippen LogP contribution in [-0.4, -0.2) is 10.9 Å². The van der Waals surface area contributed by atoms with Gasteiger partial charge in [0.15, 0.2) is 0 Å². The zero-order chi connectivity index (χ0) is 9.26. The highest BCUT2D eigenvalue weighted by Crippen LogP contribution is 2.24. The van der Waals surface area contributed by atoms with Crippen molar-refractivity contribution in [1.29, 1.82) is 0 Å². The minimum absolute atomic E-state index is 0.808. The summed E-state index contributed by atoms with van der Waals surface area (Å²) in [6.45, 7) is 0. The maximum atomic E-state index is 8.80. The molecule has 0 saturated carbocycles. The number of hydrogen-bond donors (Lipinski definition) is 1. The quantitative estimate of drug-likeness (QED) is 0.548. The van der Waals surface area contributed by atoms with Crippen LogP contribution in [0.25, 0.3) is 0 Å². The Bertz CT molecular complexity index is 360. The molecule has 1 aliphatic rings. The maximum absolute atomic E-state index is 8.80. The monoisotopic (exact) mass is 239 g/mol. The molecular weight excluding hydrogens is 230 g/mol. The molecule has 1 aromatic carbocycles. The maximum Gasteiger partial charge on any atom is 0.0871 e. The van der Waals surface area contributed by atoms with Gasteiger partial charge in [-0.3, -0.25) is 0 Å². The predicted octanol–water partition coefficient (Wildman–Crippen LogP) is 2.96. The summed E-state index contributed by atoms with van der Waals surface area (Å²) >= 11 is 3.41. The van der Waals surface area contributed by atoms with Gasteiger partial charge in [0, 0.05) is 10.0 Å². The van der Waals surface area contributed by atoms with Crippen LogP contribution in [0.3, 0.4) is 0 Å². The van der Waals surface area contributed by atoms with Crippen LogP contribution in [0.5, 0.6) is 0 Å². The van der Waals surface area contributed by atoms with Crippen LogP contribution < -0.4 is 0 Å². The van der Waals surface area contributed by atoms with E-state index in [1.165, 1.54) is 5.56 Å². The molecule has 68 valence electrons. The van der Waals surface area contributed by atoms with Gasteiger partial charge < -0.3 is 5.21 Å². The van der Waals surface area contributed by atoms with Gasteiger partial charge in [0.25, 0.3) is 0 Å². The molecule has 0 atom stereocenters. The first-order valence-electron chi connectivity index (χ1n) is 4.31. The van der Waals surface area contributed by atoms with Crippen molar-refractivity contribution >= 4 is 21.6 Å². The first-order valence-corrected chi connectivity index (χ1v) is 5.10. The van der Waals surface area contributed by atoms with Crippen LogP contribution in [0.15, 0.2) is 27.8 Å². The number of benzene rings is 1. The molecule has 0 saturated heterocycles. The van der Waals surface area contributed by atoms with E-state index in [0.717, 1.165) is 35.0 Å². The van der Waals surface area contributed by atoms with Crippen LogP contribution in [0, 0.1) is 0 Å². The van der Waals surface area contributed by atoms with Crippen molar-refractivity contribution in [3.05, 3.63) is 33.8 Å². The highest BCUT2D eigenvalue weighted by molar-refractivity contribution is 9.10. The molecule has 0 spiro atoms. The van der Waals surface area contributed by atoms with Crippen molar-refractivity contribution in [3.8, 4) is 0 Å². The Kier molecular flexibility index (Phi) is 2.36. The summed E-state index contributed by atoms with van der Waals surface area (Å²) in [5.74, 6) is 0. The molecule has 0 heterocycles. The molecule has 0 bridgehead atoms. The fraction of sp³-hybridized carbons (Fsp3) is 0.300. The Morgan fingerprint density at radius 1 is 1.31 bits per heavy atom. The van der Waals surface area contributed by atoms with Crippen molar-refractivity contribution in [1.82, 2.24) is 0 Å². The fourth-order valence-corrected chi connectivity index (χ4v) is 2.08. The predicted molar refractivity (Wildman–Crippen MR) is 55.4 cm³/mol. The van der Waals surface area contributed by atoms with E-state index in [9.17, 15) is 0 Å². The highest BCUT2D eigenvalue weighted by atomic mass is 79.9. The smallest absolute Gasteiger partial charge is 0.0871 e. The van der Waals surface area contributed by atoms with E-state index >= 15 is 0 Å². The molecule has 0 aliphatic heterocycles. The third-order valence-electron chi connectivity index (χ3n) is 2.36. The normalized spacial score (nSPS) is 18.7. The lowest BCUT2D eigenvalue weighted by atomic mass is 9.90. The topological polar surface area (TPSA) is 32.6 Å². The summed E-state index contributed by atoms with van der Waals surface area (Å²) in [6, 6.07) is 6.13. The number of halogens is 1. The summed E-state index contributed by atoms with van der Waals surface area (Å²) in [5.41, 5.74) is 3.17. The molecule has 2 rings (SSSR count). The number of aryl methyl sites for hydroxylation is 1. The average Bonchev–Trinajstić information content (AvgIpc) is 2.17. The van der Waals surface area contributed by atoms with Gasteiger partial charge in [-0.15, -0.1) is 0 Å². The number of oxime groups is 1. The first-order chi connectivity index (χ1) is 6.31. The molecule has 0 amide bonds. The van der Waals surface area contributed by atoms with E-state index in [1.807, 2.05) is 12.1 Å². The zero-order valence-corrected chi connectivity index (χ0v) is 8.71. The largest absolute Gasteiger partial charge is 0.411 e. The summed E-state index contributed by atoms with van der Waals surface area (Å²) in [7, 11) is 0. The molecule has 0 unspecified atom stereocenters. The van der Waals surface area contributed by atoms with Crippen LogP contribution in [0.4, 0.5) is 0 Å². The highest BCUT2D eigenvalue weighted by Gasteiger charge is 2.15. The first kappa shape index (κ1) is 8.75. The van der Waals surface area contributed by atoms with Crippen LogP contribution >= 0.6 is 15.9 Å². The van der Waals surface area contributed by atoms with Crippen LogP contribution in [-0.2, 0) is 6.42 Å². The Hall–Kier alpha value is -0.830. The number of fused-ring (bicyclic) bond motifs is 1. The van der Waals surface area contributed by atoms with E-state index in [2.05, 4.69) is 27.2 Å². The minimum atomic E-state index is 0.808. The molecule has 2 nitrogen and oxygen atoms in total. The third-order valence-corrected chi connectivity index (χ3v) is 2.86. The van der Waals surface area contributed by atoms with Crippen molar-refractivity contribution in [2.24, 2.45) is 5.16 Å². The summed E-state index contributed by atoms with van der Waals surface area (Å²) in [4.78, 5) is 0. The lowest BCUT2D eigenvalue weighted by Crippen LogP contribution is -2.11. The van der Waals surface area contributed by atoms with E-state index in [1.54, 1.807) is 0 Å².